The normalized spacial score (nSPS) is 12.6. The Hall–Kier alpha value is -1.26. The number of aliphatic hydroxyl groups excluding tert-OH is 1. The minimum Gasteiger partial charge on any atom is -0.396 e. The summed E-state index contributed by atoms with van der Waals surface area (Å²) >= 11 is 1.60. The first kappa shape index (κ1) is 12.2. The maximum absolute atomic E-state index is 12.8. The summed E-state index contributed by atoms with van der Waals surface area (Å²) in [5.41, 5.74) is 2.84. The molecule has 2 aromatic rings. The predicted molar refractivity (Wildman–Crippen MR) is 66.5 cm³/mol. The fourth-order valence-corrected chi connectivity index (χ4v) is 2.49. The monoisotopic (exact) mass is 251 g/mol. The summed E-state index contributed by atoms with van der Waals surface area (Å²) in [6.45, 7) is 0.134. The maximum Gasteiger partial charge on any atom is 0.123 e. The molecule has 1 N–H and O–H groups in total. The number of nitrogens with zero attached hydrogens (tertiary/aromatic N) is 1. The number of hydrogen-bond acceptors (Lipinski definition) is 3. The standard InChI is InChI=1S/C13H14FNOS/c14-12-3-1-10(2-4-12)5-11(8-16)6-13-7-15-9-17-13/h1-4,7,9,11,16H,5-6,8H2. The van der Waals surface area contributed by atoms with Crippen LogP contribution in [0.2, 0.25) is 0 Å². The lowest BCUT2D eigenvalue weighted by Gasteiger charge is -2.12. The van der Waals surface area contributed by atoms with Crippen LogP contribution in [0.15, 0.2) is 36.0 Å². The van der Waals surface area contributed by atoms with Crippen molar-refractivity contribution in [1.29, 1.82) is 0 Å². The Morgan fingerprint density at radius 1 is 1.24 bits per heavy atom. The third-order valence-electron chi connectivity index (χ3n) is 2.67. The molecule has 0 fully saturated rings. The second kappa shape index (κ2) is 5.89. The molecule has 1 aromatic carbocycles. The van der Waals surface area contributed by atoms with Crippen LogP contribution < -0.4 is 0 Å². The van der Waals surface area contributed by atoms with Crippen LogP contribution in [-0.2, 0) is 12.8 Å². The van der Waals surface area contributed by atoms with E-state index in [1.807, 2.05) is 6.20 Å². The van der Waals surface area contributed by atoms with Crippen LogP contribution >= 0.6 is 11.3 Å². The first-order chi connectivity index (χ1) is 8.28. The number of hydrogen-bond donors (Lipinski definition) is 1. The molecule has 2 rings (SSSR count). The van der Waals surface area contributed by atoms with Gasteiger partial charge >= 0.3 is 0 Å². The Morgan fingerprint density at radius 3 is 2.59 bits per heavy atom. The lowest BCUT2D eigenvalue weighted by molar-refractivity contribution is 0.225. The second-order valence-electron chi connectivity index (χ2n) is 4.05. The van der Waals surface area contributed by atoms with Crippen molar-refractivity contribution in [1.82, 2.24) is 4.98 Å². The van der Waals surface area contributed by atoms with E-state index in [2.05, 4.69) is 4.98 Å². The molecule has 0 aliphatic rings. The molecule has 0 amide bonds. The van der Waals surface area contributed by atoms with E-state index in [-0.39, 0.29) is 18.3 Å². The fourth-order valence-electron chi connectivity index (χ4n) is 1.78. The van der Waals surface area contributed by atoms with E-state index >= 15 is 0 Å². The zero-order valence-corrected chi connectivity index (χ0v) is 10.2. The molecule has 0 saturated heterocycles. The van der Waals surface area contributed by atoms with Crippen LogP contribution in [0, 0.1) is 11.7 Å². The van der Waals surface area contributed by atoms with Crippen LogP contribution in [0.1, 0.15) is 10.4 Å². The van der Waals surface area contributed by atoms with Gasteiger partial charge in [0.1, 0.15) is 5.82 Å². The summed E-state index contributed by atoms with van der Waals surface area (Å²) in [5.74, 6) is -0.0577. The van der Waals surface area contributed by atoms with Gasteiger partial charge in [0.25, 0.3) is 0 Å². The predicted octanol–water partition coefficient (Wildman–Crippen LogP) is 2.68. The minimum absolute atomic E-state index is 0.134. The average Bonchev–Trinajstić information content (AvgIpc) is 2.84. The number of benzene rings is 1. The largest absolute Gasteiger partial charge is 0.396 e. The van der Waals surface area contributed by atoms with E-state index in [1.54, 1.807) is 29.0 Å². The van der Waals surface area contributed by atoms with Crippen molar-refractivity contribution >= 4 is 11.3 Å². The van der Waals surface area contributed by atoms with Crippen LogP contribution in [-0.4, -0.2) is 16.7 Å². The van der Waals surface area contributed by atoms with Crippen LogP contribution in [0.4, 0.5) is 4.39 Å². The zero-order chi connectivity index (χ0) is 12.1. The van der Waals surface area contributed by atoms with Gasteiger partial charge in [0.2, 0.25) is 0 Å². The zero-order valence-electron chi connectivity index (χ0n) is 9.34. The lowest BCUT2D eigenvalue weighted by Crippen LogP contribution is -2.12. The lowest BCUT2D eigenvalue weighted by atomic mass is 9.96. The Morgan fingerprint density at radius 2 is 2.00 bits per heavy atom. The first-order valence-corrected chi connectivity index (χ1v) is 6.38. The molecule has 4 heteroatoms. The van der Waals surface area contributed by atoms with Crippen molar-refractivity contribution in [3.05, 3.63) is 52.2 Å². The van der Waals surface area contributed by atoms with Gasteiger partial charge in [-0.15, -0.1) is 11.3 Å². The Bertz CT molecular complexity index is 441. The average molecular weight is 251 g/mol. The smallest absolute Gasteiger partial charge is 0.123 e. The summed E-state index contributed by atoms with van der Waals surface area (Å²) in [7, 11) is 0. The van der Waals surface area contributed by atoms with E-state index in [0.717, 1.165) is 18.4 Å². The highest BCUT2D eigenvalue weighted by molar-refractivity contribution is 7.09. The minimum atomic E-state index is -0.225. The van der Waals surface area contributed by atoms with Crippen molar-refractivity contribution in [2.45, 2.75) is 12.8 Å². The number of aromatic nitrogens is 1. The highest BCUT2D eigenvalue weighted by Gasteiger charge is 2.10. The van der Waals surface area contributed by atoms with E-state index in [4.69, 9.17) is 0 Å². The molecule has 2 nitrogen and oxygen atoms in total. The summed E-state index contributed by atoms with van der Waals surface area (Å²) in [6, 6.07) is 6.45. The van der Waals surface area contributed by atoms with Gasteiger partial charge in [0, 0.05) is 17.7 Å². The Balaban J connectivity index is 1.97. The molecule has 1 unspecified atom stereocenters. The highest BCUT2D eigenvalue weighted by atomic mass is 32.1. The van der Waals surface area contributed by atoms with E-state index in [9.17, 15) is 9.50 Å². The van der Waals surface area contributed by atoms with Gasteiger partial charge in [-0.3, -0.25) is 4.98 Å². The number of halogens is 1. The number of thiazole rings is 1. The van der Waals surface area contributed by atoms with Crippen molar-refractivity contribution in [2.24, 2.45) is 5.92 Å². The molecule has 1 heterocycles. The quantitative estimate of drug-likeness (QED) is 0.886. The summed E-state index contributed by atoms with van der Waals surface area (Å²) in [4.78, 5) is 5.19. The highest BCUT2D eigenvalue weighted by Crippen LogP contribution is 2.17. The van der Waals surface area contributed by atoms with Crippen molar-refractivity contribution < 1.29 is 9.50 Å². The fraction of sp³-hybridized carbons (Fsp3) is 0.308. The van der Waals surface area contributed by atoms with E-state index in [0.29, 0.717) is 0 Å². The maximum atomic E-state index is 12.8. The molecule has 17 heavy (non-hydrogen) atoms. The van der Waals surface area contributed by atoms with Crippen LogP contribution in [0.3, 0.4) is 0 Å². The Labute approximate surface area is 104 Å². The van der Waals surface area contributed by atoms with Gasteiger partial charge in [-0.2, -0.15) is 0 Å². The van der Waals surface area contributed by atoms with Crippen LogP contribution in [0.5, 0.6) is 0 Å². The van der Waals surface area contributed by atoms with Crippen molar-refractivity contribution in [2.75, 3.05) is 6.61 Å². The molecular formula is C13H14FNOS. The van der Waals surface area contributed by atoms with Crippen molar-refractivity contribution in [3.8, 4) is 0 Å². The van der Waals surface area contributed by atoms with Gasteiger partial charge in [-0.05, 0) is 36.5 Å². The molecule has 0 spiro atoms. The van der Waals surface area contributed by atoms with Gasteiger partial charge in [0.05, 0.1) is 5.51 Å². The molecule has 0 aliphatic heterocycles. The molecule has 0 saturated carbocycles. The van der Waals surface area contributed by atoms with Crippen molar-refractivity contribution in [3.63, 3.8) is 0 Å². The number of aliphatic hydroxyl groups is 1. The second-order valence-corrected chi connectivity index (χ2v) is 5.02. The SMILES string of the molecule is OCC(Cc1ccc(F)cc1)Cc1cncs1. The summed E-state index contributed by atoms with van der Waals surface area (Å²) in [5, 5.41) is 9.35. The van der Waals surface area contributed by atoms with E-state index in [1.165, 1.54) is 17.0 Å². The van der Waals surface area contributed by atoms with E-state index < -0.39 is 0 Å². The third-order valence-corrected chi connectivity index (χ3v) is 3.47. The molecular weight excluding hydrogens is 237 g/mol. The first-order valence-electron chi connectivity index (χ1n) is 5.50. The topological polar surface area (TPSA) is 33.1 Å². The summed E-state index contributed by atoms with van der Waals surface area (Å²) in [6.07, 6.45) is 3.41. The Kier molecular flexibility index (Phi) is 4.23. The molecule has 90 valence electrons. The van der Waals surface area contributed by atoms with Gasteiger partial charge in [0.15, 0.2) is 0 Å². The molecule has 0 radical (unpaired) electrons. The van der Waals surface area contributed by atoms with Gasteiger partial charge in [-0.1, -0.05) is 12.1 Å². The van der Waals surface area contributed by atoms with Gasteiger partial charge < -0.3 is 5.11 Å². The molecule has 0 bridgehead atoms. The summed E-state index contributed by atoms with van der Waals surface area (Å²) < 4.78 is 12.8. The number of rotatable bonds is 5. The third kappa shape index (κ3) is 3.61. The molecule has 1 aromatic heterocycles. The van der Waals surface area contributed by atoms with Crippen LogP contribution in [0.25, 0.3) is 0 Å². The van der Waals surface area contributed by atoms with Gasteiger partial charge in [-0.25, -0.2) is 4.39 Å². The molecule has 1 atom stereocenters. The molecule has 0 aliphatic carbocycles.